The van der Waals surface area contributed by atoms with Crippen molar-refractivity contribution >= 4 is 17.4 Å². The molecule has 204 valence electrons. The summed E-state index contributed by atoms with van der Waals surface area (Å²) in [5.41, 5.74) is 22.7. The van der Waals surface area contributed by atoms with Crippen molar-refractivity contribution in [3.8, 4) is 0 Å². The van der Waals surface area contributed by atoms with Crippen molar-refractivity contribution in [2.45, 2.75) is 50.2 Å². The quantitative estimate of drug-likeness (QED) is 0.256. The number of carbonyl (C=O) groups is 1. The molecule has 0 spiro atoms. The Morgan fingerprint density at radius 2 is 1.27 bits per heavy atom. The van der Waals surface area contributed by atoms with E-state index in [1.54, 1.807) is 28.0 Å². The van der Waals surface area contributed by atoms with Crippen LogP contribution in [0, 0.1) is 0 Å². The number of hydrogen-bond donors (Lipinski definition) is 4. The number of anilines is 2. The molecule has 7 nitrogen and oxygen atoms in total. The van der Waals surface area contributed by atoms with E-state index in [0.717, 1.165) is 22.3 Å². The molecule has 1 aliphatic heterocycles. The van der Waals surface area contributed by atoms with Gasteiger partial charge in [0.15, 0.2) is 0 Å². The van der Waals surface area contributed by atoms with Gasteiger partial charge in [-0.2, -0.15) is 0 Å². The highest BCUT2D eigenvalue weighted by molar-refractivity contribution is 5.76. The largest absolute Gasteiger partial charge is 0.399 e. The normalized spacial score (nSPS) is 22.4. The Morgan fingerprint density at radius 3 is 1.80 bits per heavy atom. The lowest BCUT2D eigenvalue weighted by Crippen LogP contribution is -2.50. The van der Waals surface area contributed by atoms with Gasteiger partial charge in [-0.05, 0) is 59.5 Å². The van der Waals surface area contributed by atoms with Crippen molar-refractivity contribution in [1.29, 1.82) is 0 Å². The molecule has 40 heavy (non-hydrogen) atoms. The lowest BCUT2D eigenvalue weighted by Gasteiger charge is -2.36. The average Bonchev–Trinajstić information content (AvgIpc) is 3.02. The molecule has 0 saturated carbocycles. The highest BCUT2D eigenvalue weighted by Gasteiger charge is 2.46. The number of aliphatic hydroxyl groups excluding tert-OH is 2. The molecule has 0 aromatic heterocycles. The Balaban J connectivity index is 1.59. The zero-order valence-electron chi connectivity index (χ0n) is 22.2. The molecule has 1 heterocycles. The van der Waals surface area contributed by atoms with Gasteiger partial charge < -0.3 is 31.5 Å². The first-order chi connectivity index (χ1) is 19.4. The number of hydrogen-bond acceptors (Lipinski definition) is 5. The summed E-state index contributed by atoms with van der Waals surface area (Å²) in [7, 11) is 0. The van der Waals surface area contributed by atoms with Crippen LogP contribution in [0.15, 0.2) is 114 Å². The van der Waals surface area contributed by atoms with Crippen LogP contribution < -0.4 is 11.5 Å². The average molecular weight is 535 g/mol. The van der Waals surface area contributed by atoms with E-state index in [1.165, 1.54) is 0 Å². The van der Waals surface area contributed by atoms with Gasteiger partial charge >= 0.3 is 6.03 Å². The van der Waals surface area contributed by atoms with Crippen LogP contribution >= 0.6 is 0 Å². The monoisotopic (exact) mass is 534 g/mol. The second-order valence-electron chi connectivity index (χ2n) is 10.4. The topological polar surface area (TPSA) is 116 Å². The van der Waals surface area contributed by atoms with Crippen LogP contribution in [0.5, 0.6) is 0 Å². The van der Waals surface area contributed by atoms with Crippen molar-refractivity contribution in [2.75, 3.05) is 11.5 Å². The molecule has 2 aliphatic rings. The summed E-state index contributed by atoms with van der Waals surface area (Å²) >= 11 is 0. The Morgan fingerprint density at radius 1 is 0.725 bits per heavy atom. The van der Waals surface area contributed by atoms with Crippen molar-refractivity contribution in [1.82, 2.24) is 9.80 Å². The Hall–Kier alpha value is -4.51. The summed E-state index contributed by atoms with van der Waals surface area (Å²) in [6, 6.07) is 22.7. The van der Waals surface area contributed by atoms with Gasteiger partial charge in [-0.25, -0.2) is 4.79 Å². The third-order valence-electron chi connectivity index (χ3n) is 7.46. The number of nitrogens with two attached hydrogens (primary N) is 2. The molecule has 4 atom stereocenters. The second kappa shape index (κ2) is 12.1. The maximum absolute atomic E-state index is 14.6. The second-order valence-corrected chi connectivity index (χ2v) is 10.4. The SMILES string of the molecule is Nc1cccc(CN2C(=O)N(Cc3cccc(N)c3)C(Cc3ccccc3)C(O)C(O)C2CC2=C=C=CC=C2)c1. The molecule has 3 aromatic rings. The summed E-state index contributed by atoms with van der Waals surface area (Å²) in [4.78, 5) is 17.9. The number of amides is 2. The molecule has 3 aromatic carbocycles. The fourth-order valence-corrected chi connectivity index (χ4v) is 5.47. The summed E-state index contributed by atoms with van der Waals surface area (Å²) in [6.45, 7) is 0.427. The molecule has 1 fully saturated rings. The molecule has 6 N–H and O–H groups in total. The van der Waals surface area contributed by atoms with Crippen molar-refractivity contribution < 1.29 is 15.0 Å². The molecule has 7 heteroatoms. The Kier molecular flexibility index (Phi) is 8.20. The number of rotatable bonds is 8. The minimum absolute atomic E-state index is 0.209. The number of urea groups is 1. The summed E-state index contributed by atoms with van der Waals surface area (Å²) in [5.74, 6) is 0. The third-order valence-corrected chi connectivity index (χ3v) is 7.46. The molecule has 4 unspecified atom stereocenters. The van der Waals surface area contributed by atoms with Gasteiger partial charge in [0.2, 0.25) is 0 Å². The van der Waals surface area contributed by atoms with Crippen LogP contribution in [-0.2, 0) is 19.5 Å². The van der Waals surface area contributed by atoms with Crippen molar-refractivity contribution in [3.63, 3.8) is 0 Å². The van der Waals surface area contributed by atoms with Crippen LogP contribution in [0.25, 0.3) is 0 Å². The molecule has 5 rings (SSSR count). The number of benzene rings is 3. The van der Waals surface area contributed by atoms with Crippen LogP contribution in [0.3, 0.4) is 0 Å². The van der Waals surface area contributed by atoms with E-state index in [0.29, 0.717) is 24.2 Å². The predicted molar refractivity (Wildman–Crippen MR) is 157 cm³/mol. The lowest BCUT2D eigenvalue weighted by molar-refractivity contribution is -0.0406. The van der Waals surface area contributed by atoms with E-state index < -0.39 is 24.3 Å². The van der Waals surface area contributed by atoms with E-state index in [9.17, 15) is 15.0 Å². The van der Waals surface area contributed by atoms with Crippen molar-refractivity contribution in [3.05, 3.63) is 131 Å². The van der Waals surface area contributed by atoms with Crippen molar-refractivity contribution in [2.24, 2.45) is 0 Å². The zero-order valence-corrected chi connectivity index (χ0v) is 22.2. The first-order valence-corrected chi connectivity index (χ1v) is 13.4. The number of allylic oxidation sites excluding steroid dienone is 3. The molecular formula is C33H34N4O3. The molecule has 0 bridgehead atoms. The van der Waals surface area contributed by atoms with Gasteiger partial charge in [-0.3, -0.25) is 0 Å². The summed E-state index contributed by atoms with van der Waals surface area (Å²) in [6.07, 6.45) is 3.72. The van der Waals surface area contributed by atoms with Crippen LogP contribution in [0.4, 0.5) is 16.2 Å². The first kappa shape index (κ1) is 27.1. The van der Waals surface area contributed by atoms with Gasteiger partial charge in [-0.15, -0.1) is 0 Å². The van der Waals surface area contributed by atoms with Gasteiger partial charge in [0, 0.05) is 36.5 Å². The molecule has 0 radical (unpaired) electrons. The molecule has 2 amide bonds. The number of nitrogen functional groups attached to an aromatic ring is 2. The van der Waals surface area contributed by atoms with Crippen LogP contribution in [0.1, 0.15) is 23.1 Å². The third kappa shape index (κ3) is 6.20. The smallest absolute Gasteiger partial charge is 0.321 e. The maximum atomic E-state index is 14.6. The zero-order chi connectivity index (χ0) is 28.1. The van der Waals surface area contributed by atoms with E-state index in [1.807, 2.05) is 78.9 Å². The van der Waals surface area contributed by atoms with Crippen LogP contribution in [-0.4, -0.2) is 50.3 Å². The highest BCUT2D eigenvalue weighted by atomic mass is 16.3. The fraction of sp³-hybridized carbons (Fsp3) is 0.242. The van der Waals surface area contributed by atoms with E-state index in [2.05, 4.69) is 11.5 Å². The van der Waals surface area contributed by atoms with Gasteiger partial charge in [-0.1, -0.05) is 72.1 Å². The van der Waals surface area contributed by atoms with E-state index in [4.69, 9.17) is 11.5 Å². The summed E-state index contributed by atoms with van der Waals surface area (Å²) < 4.78 is 0. The number of carbonyl (C=O) groups excluding carboxylic acids is 1. The Bertz CT molecular complexity index is 1490. The maximum Gasteiger partial charge on any atom is 0.321 e. The minimum atomic E-state index is -1.22. The Labute approximate surface area is 234 Å². The van der Waals surface area contributed by atoms with Gasteiger partial charge in [0.25, 0.3) is 0 Å². The predicted octanol–water partition coefficient (Wildman–Crippen LogP) is 4.19. The number of nitrogens with zero attached hydrogens (tertiary/aromatic N) is 2. The molecular weight excluding hydrogens is 500 g/mol. The lowest BCUT2D eigenvalue weighted by atomic mass is 9.90. The first-order valence-electron chi connectivity index (χ1n) is 13.4. The highest BCUT2D eigenvalue weighted by Crippen LogP contribution is 2.31. The van der Waals surface area contributed by atoms with Gasteiger partial charge in [0.05, 0.1) is 12.1 Å². The molecule has 1 aliphatic carbocycles. The van der Waals surface area contributed by atoms with E-state index in [-0.39, 0.29) is 19.1 Å². The molecule has 1 saturated heterocycles. The standard InChI is InChI=1S/C33H34N4O3/c34-27-15-7-13-25(17-27)21-36-29(19-23-9-3-1-4-10-23)31(38)32(39)30(20-24-11-5-2-6-12-24)37(33(36)40)22-26-14-8-16-28(35)18-26/h1-5,7-11,13-18,29-32,38-39H,19-22,34-35H2. The fourth-order valence-electron chi connectivity index (χ4n) is 5.47. The van der Waals surface area contributed by atoms with Gasteiger partial charge in [0.1, 0.15) is 12.2 Å². The van der Waals surface area contributed by atoms with Crippen LogP contribution in [0.2, 0.25) is 0 Å². The van der Waals surface area contributed by atoms with E-state index >= 15 is 0 Å². The summed E-state index contributed by atoms with van der Waals surface area (Å²) in [5, 5.41) is 23.5. The minimum Gasteiger partial charge on any atom is -0.399 e. The number of aliphatic hydroxyl groups is 2.